The van der Waals surface area contributed by atoms with Gasteiger partial charge in [0.25, 0.3) is 0 Å². The van der Waals surface area contributed by atoms with E-state index in [0.29, 0.717) is 0 Å². The van der Waals surface area contributed by atoms with E-state index in [2.05, 4.69) is 68.4 Å². The van der Waals surface area contributed by atoms with Crippen LogP contribution in [0, 0.1) is 10.8 Å². The monoisotopic (exact) mass is 309 g/mol. The van der Waals surface area contributed by atoms with Crippen molar-refractivity contribution in [2.75, 3.05) is 0 Å². The molecule has 0 aliphatic carbocycles. The Kier molecular flexibility index (Phi) is 1.92. The minimum Gasteiger partial charge on any atom is -0.270 e. The van der Waals surface area contributed by atoms with Crippen LogP contribution in [0.4, 0.5) is 0 Å². The van der Waals surface area contributed by atoms with Gasteiger partial charge in [-0.1, -0.05) is 18.2 Å². The first kappa shape index (κ1) is 9.08. The molecule has 0 fully saturated rings. The van der Waals surface area contributed by atoms with Crippen molar-refractivity contribution in [1.82, 2.24) is 14.6 Å². The van der Waals surface area contributed by atoms with Gasteiger partial charge in [0.1, 0.15) is 0 Å². The van der Waals surface area contributed by atoms with Gasteiger partial charge < -0.3 is 0 Å². The largest absolute Gasteiger partial charge is 0.270 e. The summed E-state index contributed by atoms with van der Waals surface area (Å²) >= 11 is 2.20. The molecular weight excluding hydrogens is 301 g/mol. The Morgan fingerprint density at radius 3 is 2.87 bits per heavy atom. The molecule has 2 heterocycles. The van der Waals surface area contributed by atoms with Gasteiger partial charge in [-0.3, -0.25) is 4.40 Å². The number of aryl methyl sites for hydroxylation is 1. The predicted molar refractivity (Wildman–Crippen MR) is 67.9 cm³/mol. The van der Waals surface area contributed by atoms with Crippen molar-refractivity contribution < 1.29 is 0 Å². The Labute approximate surface area is 100 Å². The number of rotatable bonds is 0. The lowest BCUT2D eigenvalue weighted by Crippen LogP contribution is -1.92. The first-order valence-corrected chi connectivity index (χ1v) is 5.74. The van der Waals surface area contributed by atoms with Gasteiger partial charge in [0.05, 0.1) is 5.52 Å². The molecule has 3 rings (SSSR count). The Bertz CT molecular complexity index is 657. The van der Waals surface area contributed by atoms with Gasteiger partial charge >= 0.3 is 0 Å². The standard InChI is InChI=1S/C11H8IN3/c1-7-6-10-13-14-11(12)15(10)9-5-3-2-4-8(7)9/h2-6H,1H3. The molecule has 74 valence electrons. The summed E-state index contributed by atoms with van der Waals surface area (Å²) < 4.78 is 2.97. The number of fused-ring (bicyclic) bond motifs is 3. The molecule has 1 aromatic carbocycles. The molecule has 0 radical (unpaired) electrons. The number of benzene rings is 1. The normalized spacial score (nSPS) is 11.3. The van der Waals surface area contributed by atoms with E-state index in [1.165, 1.54) is 16.5 Å². The van der Waals surface area contributed by atoms with E-state index in [1.807, 2.05) is 6.07 Å². The highest BCUT2D eigenvalue weighted by atomic mass is 127. The van der Waals surface area contributed by atoms with E-state index in [4.69, 9.17) is 0 Å². The maximum Gasteiger partial charge on any atom is 0.199 e. The van der Waals surface area contributed by atoms with E-state index in [-0.39, 0.29) is 0 Å². The summed E-state index contributed by atoms with van der Waals surface area (Å²) in [4.78, 5) is 0. The zero-order valence-corrected chi connectivity index (χ0v) is 10.3. The highest BCUT2D eigenvalue weighted by Crippen LogP contribution is 2.21. The molecule has 0 aliphatic heterocycles. The van der Waals surface area contributed by atoms with Crippen molar-refractivity contribution in [3.8, 4) is 0 Å². The highest BCUT2D eigenvalue weighted by Gasteiger charge is 2.07. The first-order chi connectivity index (χ1) is 7.27. The second-order valence-electron chi connectivity index (χ2n) is 3.51. The summed E-state index contributed by atoms with van der Waals surface area (Å²) in [6.07, 6.45) is 0. The molecule has 15 heavy (non-hydrogen) atoms. The molecule has 0 saturated heterocycles. The third-order valence-corrected chi connectivity index (χ3v) is 3.26. The number of pyridine rings is 1. The van der Waals surface area contributed by atoms with Gasteiger partial charge in [-0.05, 0) is 24.6 Å². The summed E-state index contributed by atoms with van der Waals surface area (Å²) in [7, 11) is 0. The van der Waals surface area contributed by atoms with Crippen LogP contribution in [-0.2, 0) is 0 Å². The Hall–Kier alpha value is -1.17. The Morgan fingerprint density at radius 1 is 1.20 bits per heavy atom. The van der Waals surface area contributed by atoms with E-state index < -0.39 is 0 Å². The average Bonchev–Trinajstić information content (AvgIpc) is 2.61. The maximum atomic E-state index is 4.13. The van der Waals surface area contributed by atoms with Crippen LogP contribution < -0.4 is 0 Å². The quantitative estimate of drug-likeness (QED) is 0.598. The van der Waals surface area contributed by atoms with Gasteiger partial charge in [-0.2, -0.15) is 0 Å². The van der Waals surface area contributed by atoms with Gasteiger partial charge in [-0.25, -0.2) is 0 Å². The number of para-hydroxylation sites is 1. The smallest absolute Gasteiger partial charge is 0.199 e. The summed E-state index contributed by atoms with van der Waals surface area (Å²) in [5, 5.41) is 9.47. The van der Waals surface area contributed by atoms with Gasteiger partial charge in [0.15, 0.2) is 9.48 Å². The third-order valence-electron chi connectivity index (χ3n) is 2.56. The molecule has 0 atom stereocenters. The van der Waals surface area contributed by atoms with E-state index in [9.17, 15) is 0 Å². The Balaban J connectivity index is 2.67. The van der Waals surface area contributed by atoms with Crippen LogP contribution in [0.1, 0.15) is 5.56 Å². The SMILES string of the molecule is Cc1cc2nnc(I)n2c2ccccc12. The third kappa shape index (κ3) is 1.24. The Morgan fingerprint density at radius 2 is 2.00 bits per heavy atom. The lowest BCUT2D eigenvalue weighted by atomic mass is 10.1. The molecule has 0 amide bonds. The van der Waals surface area contributed by atoms with E-state index in [1.54, 1.807) is 0 Å². The molecule has 4 heteroatoms. The van der Waals surface area contributed by atoms with Crippen LogP contribution in [0.15, 0.2) is 30.3 Å². The summed E-state index contributed by atoms with van der Waals surface area (Å²) in [5.74, 6) is 0. The fourth-order valence-corrected chi connectivity index (χ4v) is 2.48. The lowest BCUT2D eigenvalue weighted by Gasteiger charge is -2.04. The number of hydrogen-bond donors (Lipinski definition) is 0. The van der Waals surface area contributed by atoms with Gasteiger partial charge in [-0.15, -0.1) is 10.2 Å². The predicted octanol–water partition coefficient (Wildman–Crippen LogP) is 2.80. The molecule has 3 aromatic rings. The highest BCUT2D eigenvalue weighted by molar-refractivity contribution is 14.1. The van der Waals surface area contributed by atoms with Crippen LogP contribution in [0.2, 0.25) is 0 Å². The first-order valence-electron chi connectivity index (χ1n) is 4.66. The average molecular weight is 309 g/mol. The minimum atomic E-state index is 0.902. The summed E-state index contributed by atoms with van der Waals surface area (Å²) in [5.41, 5.74) is 3.32. The number of aromatic nitrogens is 3. The molecule has 0 aliphatic rings. The van der Waals surface area contributed by atoms with E-state index in [0.717, 1.165) is 9.48 Å². The number of halogens is 1. The molecule has 0 saturated carbocycles. The maximum absolute atomic E-state index is 4.13. The lowest BCUT2D eigenvalue weighted by molar-refractivity contribution is 1.06. The number of hydrogen-bond acceptors (Lipinski definition) is 2. The van der Waals surface area contributed by atoms with Crippen molar-refractivity contribution in [3.63, 3.8) is 0 Å². The van der Waals surface area contributed by atoms with Crippen LogP contribution in [-0.4, -0.2) is 14.6 Å². The molecule has 3 nitrogen and oxygen atoms in total. The molecule has 0 spiro atoms. The van der Waals surface area contributed by atoms with Crippen molar-refractivity contribution in [3.05, 3.63) is 39.7 Å². The fourth-order valence-electron chi connectivity index (χ4n) is 1.87. The van der Waals surface area contributed by atoms with Crippen LogP contribution >= 0.6 is 22.6 Å². The van der Waals surface area contributed by atoms with Gasteiger partial charge in [0, 0.05) is 28.0 Å². The molecule has 0 bridgehead atoms. The fraction of sp³-hybridized carbons (Fsp3) is 0.0909. The second-order valence-corrected chi connectivity index (χ2v) is 4.47. The molecule has 2 aromatic heterocycles. The second kappa shape index (κ2) is 3.16. The zero-order chi connectivity index (χ0) is 10.4. The van der Waals surface area contributed by atoms with E-state index >= 15 is 0 Å². The zero-order valence-electron chi connectivity index (χ0n) is 8.11. The van der Waals surface area contributed by atoms with Crippen molar-refractivity contribution >= 4 is 39.1 Å². The van der Waals surface area contributed by atoms with Crippen molar-refractivity contribution in [2.24, 2.45) is 0 Å². The summed E-state index contributed by atoms with van der Waals surface area (Å²) in [6.45, 7) is 2.10. The van der Waals surface area contributed by atoms with Gasteiger partial charge in [0.2, 0.25) is 0 Å². The van der Waals surface area contributed by atoms with Crippen molar-refractivity contribution in [2.45, 2.75) is 6.92 Å². The molecule has 0 unspecified atom stereocenters. The van der Waals surface area contributed by atoms with Crippen LogP contribution in [0.3, 0.4) is 0 Å². The summed E-state index contributed by atoms with van der Waals surface area (Å²) in [6, 6.07) is 10.4. The number of nitrogens with zero attached hydrogens (tertiary/aromatic N) is 3. The molecule has 0 N–H and O–H groups in total. The minimum absolute atomic E-state index is 0.902. The topological polar surface area (TPSA) is 30.2 Å². The van der Waals surface area contributed by atoms with Crippen LogP contribution in [0.5, 0.6) is 0 Å². The van der Waals surface area contributed by atoms with Crippen LogP contribution in [0.25, 0.3) is 16.6 Å². The molecular formula is C11H8IN3. The van der Waals surface area contributed by atoms with Crippen molar-refractivity contribution in [1.29, 1.82) is 0 Å².